The van der Waals surface area contributed by atoms with Gasteiger partial charge in [0, 0.05) is 24.7 Å². The summed E-state index contributed by atoms with van der Waals surface area (Å²) >= 11 is 0. The van der Waals surface area contributed by atoms with Crippen molar-refractivity contribution in [1.29, 1.82) is 0 Å². The minimum atomic E-state index is -0.0565. The maximum atomic E-state index is 13.0. The Morgan fingerprint density at radius 3 is 2.64 bits per heavy atom. The molecule has 0 saturated heterocycles. The van der Waals surface area contributed by atoms with Crippen molar-refractivity contribution in [3.05, 3.63) is 59.2 Å². The summed E-state index contributed by atoms with van der Waals surface area (Å²) in [4.78, 5) is 29.2. The van der Waals surface area contributed by atoms with Gasteiger partial charge in [0.15, 0.2) is 11.5 Å². The van der Waals surface area contributed by atoms with Crippen LogP contribution in [0, 0.1) is 0 Å². The lowest BCUT2D eigenvalue weighted by Crippen LogP contribution is -2.41. The van der Waals surface area contributed by atoms with E-state index >= 15 is 0 Å². The van der Waals surface area contributed by atoms with Crippen molar-refractivity contribution >= 4 is 11.8 Å². The summed E-state index contributed by atoms with van der Waals surface area (Å²) in [5, 5.41) is 0. The normalized spacial score (nSPS) is 17.4. The predicted octanol–water partition coefficient (Wildman–Crippen LogP) is 2.60. The lowest BCUT2D eigenvalue weighted by molar-refractivity contribution is -0.133. The highest BCUT2D eigenvalue weighted by Crippen LogP contribution is 2.33. The smallest absolute Gasteiger partial charge is 0.254 e. The minimum Gasteiger partial charge on any atom is -0.486 e. The maximum Gasteiger partial charge on any atom is 0.254 e. The number of amides is 2. The molecular formula is C22H22N2O4. The number of nitrogens with zero attached hydrogens (tertiary/aromatic N) is 2. The predicted molar refractivity (Wildman–Crippen MR) is 102 cm³/mol. The number of benzene rings is 2. The van der Waals surface area contributed by atoms with Gasteiger partial charge in [-0.2, -0.15) is 0 Å². The van der Waals surface area contributed by atoms with Gasteiger partial charge in [0.05, 0.1) is 0 Å². The van der Waals surface area contributed by atoms with Gasteiger partial charge in [-0.1, -0.05) is 24.3 Å². The van der Waals surface area contributed by atoms with Crippen LogP contribution in [0.2, 0.25) is 0 Å². The number of carbonyl (C=O) groups excluding carboxylic acids is 2. The molecule has 0 aromatic heterocycles. The number of carbonyl (C=O) groups is 2. The molecule has 3 aliphatic rings. The number of hydrogen-bond acceptors (Lipinski definition) is 4. The van der Waals surface area contributed by atoms with Gasteiger partial charge in [0.2, 0.25) is 5.91 Å². The number of hydrogen-bond donors (Lipinski definition) is 0. The second kappa shape index (κ2) is 6.86. The van der Waals surface area contributed by atoms with E-state index in [9.17, 15) is 9.59 Å². The zero-order valence-corrected chi connectivity index (χ0v) is 15.6. The van der Waals surface area contributed by atoms with Crippen LogP contribution >= 0.6 is 0 Å². The van der Waals surface area contributed by atoms with Gasteiger partial charge in [-0.15, -0.1) is 0 Å². The Kier molecular flexibility index (Phi) is 4.19. The lowest BCUT2D eigenvalue weighted by atomic mass is 10.1. The second-order valence-corrected chi connectivity index (χ2v) is 7.55. The summed E-state index contributed by atoms with van der Waals surface area (Å²) in [5.74, 6) is 1.43. The van der Waals surface area contributed by atoms with Gasteiger partial charge in [-0.25, -0.2) is 0 Å². The van der Waals surface area contributed by atoms with Gasteiger partial charge in [-0.3, -0.25) is 9.59 Å². The summed E-state index contributed by atoms with van der Waals surface area (Å²) in [6.45, 7) is 2.25. The first-order valence-electron chi connectivity index (χ1n) is 9.74. The van der Waals surface area contributed by atoms with E-state index in [1.807, 2.05) is 47.4 Å². The monoisotopic (exact) mass is 378 g/mol. The van der Waals surface area contributed by atoms with Crippen LogP contribution in [0.15, 0.2) is 42.5 Å². The Morgan fingerprint density at radius 1 is 1.07 bits per heavy atom. The molecule has 2 aromatic rings. The molecule has 0 bridgehead atoms. The van der Waals surface area contributed by atoms with E-state index in [0.717, 1.165) is 35.5 Å². The fourth-order valence-corrected chi connectivity index (χ4v) is 3.89. The van der Waals surface area contributed by atoms with E-state index in [1.54, 1.807) is 4.90 Å². The van der Waals surface area contributed by atoms with Crippen LogP contribution in [0.1, 0.15) is 34.3 Å². The second-order valence-electron chi connectivity index (χ2n) is 7.55. The van der Waals surface area contributed by atoms with Gasteiger partial charge < -0.3 is 19.3 Å². The molecule has 1 aliphatic carbocycles. The molecule has 144 valence electrons. The van der Waals surface area contributed by atoms with Gasteiger partial charge in [0.1, 0.15) is 19.8 Å². The van der Waals surface area contributed by atoms with Gasteiger partial charge in [0.25, 0.3) is 5.91 Å². The topological polar surface area (TPSA) is 59.1 Å². The molecule has 0 atom stereocenters. The molecule has 5 rings (SSSR count). The fourth-order valence-electron chi connectivity index (χ4n) is 3.89. The average molecular weight is 378 g/mol. The van der Waals surface area contributed by atoms with Crippen molar-refractivity contribution in [2.75, 3.05) is 19.8 Å². The van der Waals surface area contributed by atoms with Crippen molar-refractivity contribution in [1.82, 2.24) is 9.80 Å². The molecule has 0 radical (unpaired) electrons. The Balaban J connectivity index is 1.29. The molecule has 0 spiro atoms. The van der Waals surface area contributed by atoms with E-state index in [1.165, 1.54) is 0 Å². The molecule has 2 aliphatic heterocycles. The molecular weight excluding hydrogens is 356 g/mol. The zero-order chi connectivity index (χ0) is 19.1. The first-order valence-corrected chi connectivity index (χ1v) is 9.74. The van der Waals surface area contributed by atoms with Crippen LogP contribution in [-0.4, -0.2) is 47.4 Å². The summed E-state index contributed by atoms with van der Waals surface area (Å²) in [6, 6.07) is 13.7. The number of ether oxygens (including phenoxy) is 2. The molecule has 0 unspecified atom stereocenters. The van der Waals surface area contributed by atoms with Crippen LogP contribution in [0.5, 0.6) is 11.5 Å². The lowest BCUT2D eigenvalue weighted by Gasteiger charge is -2.26. The molecule has 1 saturated carbocycles. The SMILES string of the molecule is O=C1c2ccccc2CN1CC(=O)N(Cc1ccc2c(c1)OCCO2)C1CC1. The molecule has 6 nitrogen and oxygen atoms in total. The summed E-state index contributed by atoms with van der Waals surface area (Å²) in [6.07, 6.45) is 2.04. The maximum absolute atomic E-state index is 13.0. The molecule has 2 amide bonds. The van der Waals surface area contributed by atoms with Crippen LogP contribution in [0.4, 0.5) is 0 Å². The Bertz CT molecular complexity index is 938. The number of fused-ring (bicyclic) bond motifs is 2. The van der Waals surface area contributed by atoms with E-state index < -0.39 is 0 Å². The third-order valence-electron chi connectivity index (χ3n) is 5.49. The standard InChI is InChI=1S/C22H22N2O4/c25-21(14-23-13-16-3-1-2-4-18(16)22(23)26)24(17-6-7-17)12-15-5-8-19-20(11-15)28-10-9-27-19/h1-5,8,11,17H,6-7,9-10,12-14H2. The molecule has 0 N–H and O–H groups in total. The Hall–Kier alpha value is -3.02. The van der Waals surface area contributed by atoms with Gasteiger partial charge >= 0.3 is 0 Å². The molecule has 2 heterocycles. The summed E-state index contributed by atoms with van der Waals surface area (Å²) < 4.78 is 11.2. The van der Waals surface area contributed by atoms with E-state index in [4.69, 9.17) is 9.47 Å². The summed E-state index contributed by atoms with van der Waals surface area (Å²) in [7, 11) is 0. The van der Waals surface area contributed by atoms with Gasteiger partial charge in [-0.05, 0) is 42.2 Å². The minimum absolute atomic E-state index is 0.00135. The summed E-state index contributed by atoms with van der Waals surface area (Å²) in [5.41, 5.74) is 2.71. The van der Waals surface area contributed by atoms with Crippen molar-refractivity contribution in [2.45, 2.75) is 32.0 Å². The first kappa shape index (κ1) is 17.1. The number of rotatable bonds is 5. The van der Waals surface area contributed by atoms with Crippen LogP contribution in [-0.2, 0) is 17.9 Å². The van der Waals surface area contributed by atoms with E-state index in [-0.39, 0.29) is 24.4 Å². The van der Waals surface area contributed by atoms with Crippen molar-refractivity contribution < 1.29 is 19.1 Å². The molecule has 28 heavy (non-hydrogen) atoms. The third-order valence-corrected chi connectivity index (χ3v) is 5.49. The van der Waals surface area contributed by atoms with Crippen LogP contribution in [0.25, 0.3) is 0 Å². The largest absolute Gasteiger partial charge is 0.486 e. The highest BCUT2D eigenvalue weighted by atomic mass is 16.6. The Labute approximate surface area is 163 Å². The van der Waals surface area contributed by atoms with Crippen molar-refractivity contribution in [3.8, 4) is 11.5 Å². The zero-order valence-electron chi connectivity index (χ0n) is 15.6. The quantitative estimate of drug-likeness (QED) is 0.803. The molecule has 2 aromatic carbocycles. The average Bonchev–Trinajstić information content (AvgIpc) is 3.51. The molecule has 1 fully saturated rings. The fraction of sp³-hybridized carbons (Fsp3) is 0.364. The van der Waals surface area contributed by atoms with Crippen molar-refractivity contribution in [2.24, 2.45) is 0 Å². The molecule has 6 heteroatoms. The highest BCUT2D eigenvalue weighted by Gasteiger charge is 2.35. The third kappa shape index (κ3) is 3.19. The van der Waals surface area contributed by atoms with Crippen LogP contribution < -0.4 is 9.47 Å². The van der Waals surface area contributed by atoms with Crippen molar-refractivity contribution in [3.63, 3.8) is 0 Å². The first-order chi connectivity index (χ1) is 13.7. The van der Waals surface area contributed by atoms with E-state index in [2.05, 4.69) is 0 Å². The Morgan fingerprint density at radius 2 is 1.86 bits per heavy atom. The highest BCUT2D eigenvalue weighted by molar-refractivity contribution is 6.00. The van der Waals surface area contributed by atoms with Crippen LogP contribution in [0.3, 0.4) is 0 Å². The van der Waals surface area contributed by atoms with E-state index in [0.29, 0.717) is 31.9 Å².